The summed E-state index contributed by atoms with van der Waals surface area (Å²) in [5.74, 6) is 0.645. The van der Waals surface area contributed by atoms with E-state index in [0.29, 0.717) is 34.5 Å². The first-order chi connectivity index (χ1) is 14.0. The van der Waals surface area contributed by atoms with Crippen molar-refractivity contribution in [1.82, 2.24) is 4.90 Å². The summed E-state index contributed by atoms with van der Waals surface area (Å²) in [7, 11) is 0. The number of aryl methyl sites for hydroxylation is 1. The highest BCUT2D eigenvalue weighted by Gasteiger charge is 2.26. The Balaban J connectivity index is 1.59. The van der Waals surface area contributed by atoms with Crippen molar-refractivity contribution in [3.8, 4) is 11.3 Å². The molecule has 1 fully saturated rings. The molecule has 3 aromatic rings. The van der Waals surface area contributed by atoms with Gasteiger partial charge in [-0.05, 0) is 67.1 Å². The first kappa shape index (κ1) is 20.5. The van der Waals surface area contributed by atoms with Crippen LogP contribution in [-0.2, 0) is 11.3 Å². The van der Waals surface area contributed by atoms with Crippen LogP contribution in [0.2, 0.25) is 10.0 Å². The molecule has 29 heavy (non-hydrogen) atoms. The molecular formula is C22H21Cl2NO3S. The van der Waals surface area contributed by atoms with E-state index in [9.17, 15) is 4.79 Å². The molecule has 0 bridgehead atoms. The van der Waals surface area contributed by atoms with Crippen molar-refractivity contribution in [2.24, 2.45) is 0 Å². The van der Waals surface area contributed by atoms with E-state index in [-0.39, 0.29) is 17.8 Å². The number of nitrogens with zero attached hydrogens (tertiary/aromatic N) is 1. The fourth-order valence-electron chi connectivity index (χ4n) is 3.43. The van der Waals surface area contributed by atoms with Gasteiger partial charge in [0.05, 0.1) is 17.7 Å². The molecule has 1 saturated heterocycles. The molecule has 2 aromatic heterocycles. The van der Waals surface area contributed by atoms with E-state index in [4.69, 9.17) is 32.4 Å². The van der Waals surface area contributed by atoms with E-state index in [2.05, 4.69) is 13.0 Å². The Morgan fingerprint density at radius 1 is 1.24 bits per heavy atom. The molecule has 1 amide bonds. The minimum absolute atomic E-state index is 0.0658. The van der Waals surface area contributed by atoms with Gasteiger partial charge in [0.25, 0.3) is 5.91 Å². The predicted octanol–water partition coefficient (Wildman–Crippen LogP) is 6.44. The Kier molecular flexibility index (Phi) is 6.30. The van der Waals surface area contributed by atoms with Gasteiger partial charge in [0.15, 0.2) is 5.76 Å². The number of furan rings is 1. The van der Waals surface area contributed by atoms with Crippen molar-refractivity contribution >= 4 is 40.4 Å². The predicted molar refractivity (Wildman–Crippen MR) is 117 cm³/mol. The monoisotopic (exact) mass is 449 g/mol. The molecule has 0 spiro atoms. The lowest BCUT2D eigenvalue weighted by Crippen LogP contribution is -2.36. The van der Waals surface area contributed by atoms with Crippen molar-refractivity contribution in [2.45, 2.75) is 32.4 Å². The second kappa shape index (κ2) is 8.92. The van der Waals surface area contributed by atoms with Gasteiger partial charge in [-0.15, -0.1) is 11.3 Å². The molecule has 152 valence electrons. The summed E-state index contributed by atoms with van der Waals surface area (Å²) in [6.45, 7) is 3.90. The quantitative estimate of drug-likeness (QED) is 0.434. The lowest BCUT2D eigenvalue weighted by Gasteiger charge is -2.24. The van der Waals surface area contributed by atoms with E-state index in [0.717, 1.165) is 19.4 Å². The molecule has 3 heterocycles. The van der Waals surface area contributed by atoms with Crippen molar-refractivity contribution in [3.05, 3.63) is 68.0 Å². The lowest BCUT2D eigenvalue weighted by atomic mass is 10.2. The van der Waals surface area contributed by atoms with Gasteiger partial charge in [-0.3, -0.25) is 4.79 Å². The van der Waals surface area contributed by atoms with E-state index >= 15 is 0 Å². The number of benzene rings is 1. The van der Waals surface area contributed by atoms with Crippen molar-refractivity contribution in [1.29, 1.82) is 0 Å². The van der Waals surface area contributed by atoms with Crippen LogP contribution in [0, 0.1) is 6.92 Å². The number of thiophene rings is 1. The van der Waals surface area contributed by atoms with E-state index in [1.165, 1.54) is 10.4 Å². The maximum absolute atomic E-state index is 13.3. The summed E-state index contributed by atoms with van der Waals surface area (Å²) in [4.78, 5) is 16.3. The summed E-state index contributed by atoms with van der Waals surface area (Å²) >= 11 is 14.0. The molecule has 1 aliphatic heterocycles. The molecule has 1 aromatic carbocycles. The van der Waals surface area contributed by atoms with Crippen LogP contribution in [0.15, 0.2) is 46.2 Å². The molecular weight excluding hydrogens is 429 g/mol. The lowest BCUT2D eigenvalue weighted by molar-refractivity contribution is 0.0486. The average molecular weight is 450 g/mol. The van der Waals surface area contributed by atoms with Crippen LogP contribution in [0.5, 0.6) is 0 Å². The van der Waals surface area contributed by atoms with Gasteiger partial charge in [0, 0.05) is 28.6 Å². The van der Waals surface area contributed by atoms with Gasteiger partial charge in [-0.1, -0.05) is 23.2 Å². The van der Waals surface area contributed by atoms with Crippen LogP contribution in [0.1, 0.15) is 33.8 Å². The van der Waals surface area contributed by atoms with Crippen molar-refractivity contribution < 1.29 is 13.9 Å². The number of carbonyl (C=O) groups excluding carboxylic acids is 1. The molecule has 0 radical (unpaired) electrons. The number of amides is 1. The summed E-state index contributed by atoms with van der Waals surface area (Å²) in [6.07, 6.45) is 2.06. The van der Waals surface area contributed by atoms with Gasteiger partial charge in [0.2, 0.25) is 0 Å². The molecule has 1 atom stereocenters. The van der Waals surface area contributed by atoms with Crippen LogP contribution < -0.4 is 0 Å². The second-order valence-electron chi connectivity index (χ2n) is 7.14. The van der Waals surface area contributed by atoms with E-state index in [1.54, 1.807) is 41.7 Å². The number of carbonyl (C=O) groups is 1. The Morgan fingerprint density at radius 2 is 2.10 bits per heavy atom. The number of hydrogen-bond donors (Lipinski definition) is 0. The van der Waals surface area contributed by atoms with E-state index < -0.39 is 0 Å². The fourth-order valence-corrected chi connectivity index (χ4v) is 4.74. The standard InChI is InChI=1S/C22H21Cl2NO3S/c1-14-8-10-29-21(14)13-25(12-16-3-2-9-27-16)22(26)20-7-6-19(28-20)17-11-15(23)4-5-18(17)24/h4-8,10-11,16H,2-3,9,12-13H2,1H3/t16-/m0/s1. The smallest absolute Gasteiger partial charge is 0.289 e. The summed E-state index contributed by atoms with van der Waals surface area (Å²) in [5.41, 5.74) is 1.85. The summed E-state index contributed by atoms with van der Waals surface area (Å²) < 4.78 is 11.7. The molecule has 1 aliphatic rings. The number of ether oxygens (including phenoxy) is 1. The average Bonchev–Trinajstić information content (AvgIpc) is 3.46. The Bertz CT molecular complexity index is 1010. The third-order valence-electron chi connectivity index (χ3n) is 5.05. The highest BCUT2D eigenvalue weighted by atomic mass is 35.5. The van der Waals surface area contributed by atoms with Crippen LogP contribution in [0.3, 0.4) is 0 Å². The minimum Gasteiger partial charge on any atom is -0.451 e. The molecule has 0 saturated carbocycles. The zero-order valence-corrected chi connectivity index (χ0v) is 18.3. The van der Waals surface area contributed by atoms with Crippen molar-refractivity contribution in [2.75, 3.05) is 13.2 Å². The molecule has 4 rings (SSSR count). The highest BCUT2D eigenvalue weighted by Crippen LogP contribution is 2.32. The Morgan fingerprint density at radius 3 is 2.83 bits per heavy atom. The highest BCUT2D eigenvalue weighted by molar-refractivity contribution is 7.10. The van der Waals surface area contributed by atoms with Gasteiger partial charge < -0.3 is 14.1 Å². The Hall–Kier alpha value is -1.79. The summed E-state index contributed by atoms with van der Waals surface area (Å²) in [6, 6.07) is 10.7. The minimum atomic E-state index is -0.155. The second-order valence-corrected chi connectivity index (χ2v) is 8.98. The fraction of sp³-hybridized carbons (Fsp3) is 0.318. The number of hydrogen-bond acceptors (Lipinski definition) is 4. The van der Waals surface area contributed by atoms with Crippen LogP contribution in [0.4, 0.5) is 0 Å². The molecule has 0 aliphatic carbocycles. The topological polar surface area (TPSA) is 42.7 Å². The molecule has 0 N–H and O–H groups in total. The van der Waals surface area contributed by atoms with E-state index in [1.807, 2.05) is 10.3 Å². The molecule has 7 heteroatoms. The maximum atomic E-state index is 13.3. The first-order valence-corrected chi connectivity index (χ1v) is 11.1. The van der Waals surface area contributed by atoms with Gasteiger partial charge in [0.1, 0.15) is 5.76 Å². The molecule has 0 unspecified atom stereocenters. The third-order valence-corrected chi connectivity index (χ3v) is 6.62. The maximum Gasteiger partial charge on any atom is 0.289 e. The van der Waals surface area contributed by atoms with Crippen molar-refractivity contribution in [3.63, 3.8) is 0 Å². The molecule has 4 nitrogen and oxygen atoms in total. The number of rotatable bonds is 6. The van der Waals surface area contributed by atoms with Crippen LogP contribution in [0.25, 0.3) is 11.3 Å². The largest absolute Gasteiger partial charge is 0.451 e. The number of halogens is 2. The van der Waals surface area contributed by atoms with Gasteiger partial charge >= 0.3 is 0 Å². The normalized spacial score (nSPS) is 16.3. The first-order valence-electron chi connectivity index (χ1n) is 9.50. The van der Waals surface area contributed by atoms with Crippen LogP contribution >= 0.6 is 34.5 Å². The summed E-state index contributed by atoms with van der Waals surface area (Å²) in [5, 5.41) is 3.13. The zero-order valence-electron chi connectivity index (χ0n) is 16.0. The van der Waals surface area contributed by atoms with Gasteiger partial charge in [-0.2, -0.15) is 0 Å². The SMILES string of the molecule is Cc1ccsc1CN(C[C@@H]1CCCO1)C(=O)c1ccc(-c2cc(Cl)ccc2Cl)o1. The third kappa shape index (κ3) is 4.69. The zero-order chi connectivity index (χ0) is 20.4. The van der Waals surface area contributed by atoms with Crippen LogP contribution in [-0.4, -0.2) is 30.1 Å². The Labute approximate surface area is 184 Å². The van der Waals surface area contributed by atoms with Gasteiger partial charge in [-0.25, -0.2) is 0 Å².